The van der Waals surface area contributed by atoms with Crippen molar-refractivity contribution in [1.82, 2.24) is 9.55 Å². The lowest BCUT2D eigenvalue weighted by Crippen LogP contribution is -2.18. The van der Waals surface area contributed by atoms with Crippen molar-refractivity contribution in [3.63, 3.8) is 0 Å². The number of fused-ring (bicyclic) bond motifs is 1. The quantitative estimate of drug-likeness (QED) is 0.718. The highest BCUT2D eigenvalue weighted by atomic mass is 19.1. The Labute approximate surface area is 114 Å². The summed E-state index contributed by atoms with van der Waals surface area (Å²) in [5.41, 5.74) is 0.924. The maximum Gasteiger partial charge on any atom is 0.274 e. The first-order valence-corrected chi connectivity index (χ1v) is 6.01. The van der Waals surface area contributed by atoms with Gasteiger partial charge in [-0.1, -0.05) is 6.07 Å². The summed E-state index contributed by atoms with van der Waals surface area (Å²) in [5.74, 6) is 0.233. The molecule has 0 atom stereocenters. The van der Waals surface area contributed by atoms with Gasteiger partial charge in [0.05, 0.1) is 18.8 Å². The molecule has 0 spiro atoms. The van der Waals surface area contributed by atoms with Crippen LogP contribution in [-0.2, 0) is 0 Å². The van der Waals surface area contributed by atoms with Gasteiger partial charge in [0, 0.05) is 5.69 Å². The molecule has 0 amide bonds. The van der Waals surface area contributed by atoms with Gasteiger partial charge in [-0.15, -0.1) is 0 Å². The molecule has 1 aromatic heterocycles. The van der Waals surface area contributed by atoms with Gasteiger partial charge in [-0.25, -0.2) is 9.37 Å². The van der Waals surface area contributed by atoms with Crippen LogP contribution < -0.4 is 10.3 Å². The lowest BCUT2D eigenvalue weighted by Gasteiger charge is -2.10. The van der Waals surface area contributed by atoms with E-state index in [1.54, 1.807) is 43.5 Å². The normalized spacial score (nSPS) is 10.7. The fourth-order valence-electron chi connectivity index (χ4n) is 2.11. The Morgan fingerprint density at radius 3 is 2.60 bits per heavy atom. The molecule has 1 heterocycles. The number of hydrogen-bond acceptors (Lipinski definition) is 3. The van der Waals surface area contributed by atoms with Gasteiger partial charge in [-0.2, -0.15) is 0 Å². The highest BCUT2D eigenvalue weighted by molar-refractivity contribution is 5.77. The first-order chi connectivity index (χ1) is 9.70. The van der Waals surface area contributed by atoms with Crippen LogP contribution in [0.4, 0.5) is 4.39 Å². The minimum Gasteiger partial charge on any atom is -0.497 e. The summed E-state index contributed by atoms with van der Waals surface area (Å²) in [6.07, 6.45) is 1.12. The zero-order valence-electron chi connectivity index (χ0n) is 10.7. The standard InChI is InChI=1S/C15H11FN2O2/c1-20-11-7-5-10(6-8-11)18-13-4-2-3-12(16)15(13)17-9-14(18)19/h2-9H,1H3. The molecule has 100 valence electrons. The molecule has 2 aromatic carbocycles. The zero-order chi connectivity index (χ0) is 14.1. The lowest BCUT2D eigenvalue weighted by molar-refractivity contribution is 0.414. The number of ether oxygens (including phenoxy) is 1. The van der Waals surface area contributed by atoms with Crippen molar-refractivity contribution in [2.45, 2.75) is 0 Å². The zero-order valence-corrected chi connectivity index (χ0v) is 10.7. The molecule has 20 heavy (non-hydrogen) atoms. The number of hydrogen-bond donors (Lipinski definition) is 0. The molecule has 0 aliphatic carbocycles. The van der Waals surface area contributed by atoms with Gasteiger partial charge in [0.2, 0.25) is 0 Å². The molecule has 0 fully saturated rings. The van der Waals surface area contributed by atoms with Crippen molar-refractivity contribution in [2.24, 2.45) is 0 Å². The summed E-state index contributed by atoms with van der Waals surface area (Å²) in [6.45, 7) is 0. The summed E-state index contributed by atoms with van der Waals surface area (Å²) in [4.78, 5) is 15.9. The third-order valence-corrected chi connectivity index (χ3v) is 3.06. The Bertz CT molecular complexity index is 825. The fraction of sp³-hybridized carbons (Fsp3) is 0.0667. The second kappa shape index (κ2) is 4.77. The molecule has 0 saturated carbocycles. The van der Waals surface area contributed by atoms with Crippen LogP contribution in [0.2, 0.25) is 0 Å². The molecule has 0 unspecified atom stereocenters. The molecule has 0 aliphatic heterocycles. The predicted molar refractivity (Wildman–Crippen MR) is 73.9 cm³/mol. The smallest absolute Gasteiger partial charge is 0.274 e. The molecule has 0 bridgehead atoms. The van der Waals surface area contributed by atoms with E-state index in [1.165, 1.54) is 10.6 Å². The first kappa shape index (κ1) is 12.3. The number of nitrogens with zero attached hydrogens (tertiary/aromatic N) is 2. The number of rotatable bonds is 2. The van der Waals surface area contributed by atoms with Gasteiger partial charge in [0.1, 0.15) is 11.3 Å². The van der Waals surface area contributed by atoms with Crippen LogP contribution in [0, 0.1) is 5.82 Å². The highest BCUT2D eigenvalue weighted by Crippen LogP contribution is 2.19. The Balaban J connectivity index is 2.31. The largest absolute Gasteiger partial charge is 0.497 e. The van der Waals surface area contributed by atoms with Crippen molar-refractivity contribution in [3.05, 3.63) is 64.8 Å². The second-order valence-corrected chi connectivity index (χ2v) is 4.24. The summed E-state index contributed by atoms with van der Waals surface area (Å²) in [7, 11) is 1.57. The van der Waals surface area contributed by atoms with E-state index in [4.69, 9.17) is 4.74 Å². The summed E-state index contributed by atoms with van der Waals surface area (Å²) in [5, 5.41) is 0. The van der Waals surface area contributed by atoms with E-state index in [-0.39, 0.29) is 11.1 Å². The van der Waals surface area contributed by atoms with Gasteiger partial charge in [0.15, 0.2) is 5.82 Å². The number of benzene rings is 2. The minimum absolute atomic E-state index is 0.169. The highest BCUT2D eigenvalue weighted by Gasteiger charge is 2.09. The van der Waals surface area contributed by atoms with E-state index in [0.717, 1.165) is 6.20 Å². The Morgan fingerprint density at radius 1 is 1.15 bits per heavy atom. The molecule has 4 nitrogen and oxygen atoms in total. The van der Waals surface area contributed by atoms with Crippen molar-refractivity contribution >= 4 is 11.0 Å². The molecular weight excluding hydrogens is 259 g/mol. The van der Waals surface area contributed by atoms with Gasteiger partial charge < -0.3 is 4.74 Å². The van der Waals surface area contributed by atoms with Gasteiger partial charge in [0.25, 0.3) is 5.56 Å². The maximum absolute atomic E-state index is 13.7. The summed E-state index contributed by atoms with van der Waals surface area (Å²) >= 11 is 0. The molecule has 3 aromatic rings. The van der Waals surface area contributed by atoms with Crippen molar-refractivity contribution < 1.29 is 9.13 Å². The Morgan fingerprint density at radius 2 is 1.90 bits per heavy atom. The number of para-hydroxylation sites is 1. The molecule has 5 heteroatoms. The van der Waals surface area contributed by atoms with Gasteiger partial charge >= 0.3 is 0 Å². The fourth-order valence-corrected chi connectivity index (χ4v) is 2.11. The van der Waals surface area contributed by atoms with Crippen molar-refractivity contribution in [3.8, 4) is 11.4 Å². The van der Waals surface area contributed by atoms with Crippen molar-refractivity contribution in [2.75, 3.05) is 7.11 Å². The van der Waals surface area contributed by atoms with E-state index in [2.05, 4.69) is 4.98 Å². The van der Waals surface area contributed by atoms with E-state index >= 15 is 0 Å². The van der Waals surface area contributed by atoms with Gasteiger partial charge in [-0.05, 0) is 36.4 Å². The van der Waals surface area contributed by atoms with Crippen molar-refractivity contribution in [1.29, 1.82) is 0 Å². The Kier molecular flexibility index (Phi) is 2.95. The summed E-state index contributed by atoms with van der Waals surface area (Å²) < 4.78 is 20.2. The minimum atomic E-state index is -0.454. The third-order valence-electron chi connectivity index (χ3n) is 3.06. The van der Waals surface area contributed by atoms with Crippen LogP contribution in [-0.4, -0.2) is 16.7 Å². The number of halogens is 1. The van der Waals surface area contributed by atoms with E-state index in [0.29, 0.717) is 17.0 Å². The molecule has 0 radical (unpaired) electrons. The predicted octanol–water partition coefficient (Wildman–Crippen LogP) is 2.53. The molecule has 0 saturated heterocycles. The number of methoxy groups -OCH3 is 1. The van der Waals surface area contributed by atoms with Crippen LogP contribution in [0.25, 0.3) is 16.7 Å². The van der Waals surface area contributed by atoms with Crippen LogP contribution in [0.15, 0.2) is 53.5 Å². The molecule has 0 aliphatic rings. The summed E-state index contributed by atoms with van der Waals surface area (Å²) in [6, 6.07) is 11.5. The third kappa shape index (κ3) is 1.93. The van der Waals surface area contributed by atoms with E-state index in [1.807, 2.05) is 0 Å². The Hall–Kier alpha value is -2.69. The molecule has 3 rings (SSSR count). The van der Waals surface area contributed by atoms with E-state index in [9.17, 15) is 9.18 Å². The van der Waals surface area contributed by atoms with Crippen LogP contribution in [0.3, 0.4) is 0 Å². The molecule has 0 N–H and O–H groups in total. The van der Waals surface area contributed by atoms with E-state index < -0.39 is 5.82 Å². The molecular formula is C15H11FN2O2. The monoisotopic (exact) mass is 270 g/mol. The average Bonchev–Trinajstić information content (AvgIpc) is 2.48. The number of aromatic nitrogens is 2. The second-order valence-electron chi connectivity index (χ2n) is 4.24. The van der Waals surface area contributed by atoms with Crippen LogP contribution in [0.1, 0.15) is 0 Å². The van der Waals surface area contributed by atoms with Gasteiger partial charge in [-0.3, -0.25) is 9.36 Å². The lowest BCUT2D eigenvalue weighted by atomic mass is 10.2. The topological polar surface area (TPSA) is 44.1 Å². The first-order valence-electron chi connectivity index (χ1n) is 6.01. The van der Waals surface area contributed by atoms with Crippen LogP contribution >= 0.6 is 0 Å². The maximum atomic E-state index is 13.7. The average molecular weight is 270 g/mol. The van der Waals surface area contributed by atoms with Crippen LogP contribution in [0.5, 0.6) is 5.75 Å². The SMILES string of the molecule is COc1ccc(-n2c(=O)cnc3c(F)cccc32)cc1.